The molecule has 4 atom stereocenters. The summed E-state index contributed by atoms with van der Waals surface area (Å²) in [5, 5.41) is 7.07. The van der Waals surface area contributed by atoms with Gasteiger partial charge in [-0.25, -0.2) is 0 Å². The summed E-state index contributed by atoms with van der Waals surface area (Å²) in [6.45, 7) is 5.54. The van der Waals surface area contributed by atoms with E-state index in [0.29, 0.717) is 30.0 Å². The van der Waals surface area contributed by atoms with Crippen molar-refractivity contribution in [2.24, 2.45) is 17.3 Å². The maximum atomic E-state index is 13.0. The molecule has 7 nitrogen and oxygen atoms in total. The molecule has 26 heavy (non-hydrogen) atoms. The fraction of sp³-hybridized carbons (Fsp3) is 0.789. The predicted octanol–water partition coefficient (Wildman–Crippen LogP) is 2.71. The summed E-state index contributed by atoms with van der Waals surface area (Å²) in [5.74, 6) is 1.93. The van der Waals surface area contributed by atoms with E-state index >= 15 is 0 Å². The lowest BCUT2D eigenvalue weighted by Gasteiger charge is -2.60. The summed E-state index contributed by atoms with van der Waals surface area (Å²) in [6, 6.07) is 0. The number of aromatic nitrogens is 2. The molecular formula is C19H27N3O4. The van der Waals surface area contributed by atoms with Crippen molar-refractivity contribution in [1.29, 1.82) is 0 Å². The number of nitrogens with one attached hydrogen (secondary N) is 1. The molecular weight excluding hydrogens is 334 g/mol. The van der Waals surface area contributed by atoms with Crippen LogP contribution in [0.5, 0.6) is 0 Å². The fourth-order valence-electron chi connectivity index (χ4n) is 5.86. The summed E-state index contributed by atoms with van der Waals surface area (Å²) >= 11 is 0. The molecule has 0 saturated heterocycles. The van der Waals surface area contributed by atoms with E-state index in [1.54, 1.807) is 6.92 Å². The third-order valence-electron chi connectivity index (χ3n) is 6.26. The average molecular weight is 361 g/mol. The first-order chi connectivity index (χ1) is 12.3. The highest BCUT2D eigenvalue weighted by Crippen LogP contribution is 2.62. The van der Waals surface area contributed by atoms with E-state index in [1.807, 2.05) is 13.8 Å². The number of nitrogens with zero attached hydrogens (tertiary/aromatic N) is 2. The number of ether oxygens (including phenoxy) is 1. The molecule has 142 valence electrons. The zero-order valence-electron chi connectivity index (χ0n) is 15.7. The van der Waals surface area contributed by atoms with Crippen LogP contribution in [0.1, 0.15) is 76.9 Å². The van der Waals surface area contributed by atoms with Crippen molar-refractivity contribution in [3.8, 4) is 0 Å². The summed E-state index contributed by atoms with van der Waals surface area (Å²) in [5.41, 5.74) is -0.711. The molecule has 0 aliphatic heterocycles. The zero-order chi connectivity index (χ0) is 18.5. The summed E-state index contributed by atoms with van der Waals surface area (Å²) < 4.78 is 10.8. The number of esters is 1. The Hall–Kier alpha value is -1.92. The Morgan fingerprint density at radius 3 is 2.54 bits per heavy atom. The van der Waals surface area contributed by atoms with Gasteiger partial charge in [0.2, 0.25) is 5.91 Å². The third-order valence-corrected chi connectivity index (χ3v) is 6.26. The highest BCUT2D eigenvalue weighted by Gasteiger charge is 2.61. The van der Waals surface area contributed by atoms with Crippen molar-refractivity contribution < 1.29 is 18.8 Å². The minimum absolute atomic E-state index is 0.0115. The molecule has 1 N–H and O–H groups in total. The van der Waals surface area contributed by atoms with E-state index in [2.05, 4.69) is 15.5 Å². The van der Waals surface area contributed by atoms with Crippen LogP contribution in [0.4, 0.5) is 0 Å². The van der Waals surface area contributed by atoms with E-state index in [9.17, 15) is 9.59 Å². The molecule has 4 aliphatic rings. The van der Waals surface area contributed by atoms with Gasteiger partial charge >= 0.3 is 5.97 Å². The van der Waals surface area contributed by atoms with Crippen molar-refractivity contribution in [1.82, 2.24) is 15.5 Å². The average Bonchev–Trinajstić information content (AvgIpc) is 2.99. The first kappa shape index (κ1) is 17.5. The Morgan fingerprint density at radius 2 is 1.96 bits per heavy atom. The number of rotatable bonds is 5. The maximum absolute atomic E-state index is 13.0. The van der Waals surface area contributed by atoms with Crippen LogP contribution < -0.4 is 5.32 Å². The van der Waals surface area contributed by atoms with Gasteiger partial charge in [0.05, 0.1) is 5.41 Å². The normalized spacial score (nSPS) is 34.9. The van der Waals surface area contributed by atoms with Gasteiger partial charge in [-0.3, -0.25) is 9.59 Å². The predicted molar refractivity (Wildman–Crippen MR) is 91.8 cm³/mol. The molecule has 0 radical (unpaired) electrons. The van der Waals surface area contributed by atoms with Crippen molar-refractivity contribution in [3.05, 3.63) is 11.7 Å². The van der Waals surface area contributed by atoms with Crippen molar-refractivity contribution in [3.63, 3.8) is 0 Å². The molecule has 0 spiro atoms. The van der Waals surface area contributed by atoms with E-state index in [4.69, 9.17) is 9.26 Å². The number of amides is 1. The van der Waals surface area contributed by atoms with E-state index in [0.717, 1.165) is 32.1 Å². The highest BCUT2D eigenvalue weighted by molar-refractivity contribution is 5.79. The first-order valence-electron chi connectivity index (χ1n) is 9.58. The molecule has 0 aromatic carbocycles. The third kappa shape index (κ3) is 3.01. The Bertz CT molecular complexity index is 712. The lowest BCUT2D eigenvalue weighted by molar-refractivity contribution is -0.178. The van der Waals surface area contributed by atoms with Gasteiger partial charge in [-0.05, 0) is 50.4 Å². The van der Waals surface area contributed by atoms with Crippen LogP contribution >= 0.6 is 0 Å². The summed E-state index contributed by atoms with van der Waals surface area (Å²) in [6.07, 6.45) is 5.55. The maximum Gasteiger partial charge on any atom is 0.312 e. The van der Waals surface area contributed by atoms with E-state index in [1.165, 1.54) is 0 Å². The van der Waals surface area contributed by atoms with E-state index in [-0.39, 0.29) is 29.9 Å². The second-order valence-corrected chi connectivity index (χ2v) is 8.98. The zero-order valence-corrected chi connectivity index (χ0v) is 15.7. The summed E-state index contributed by atoms with van der Waals surface area (Å²) in [7, 11) is 0. The molecule has 4 fully saturated rings. The van der Waals surface area contributed by atoms with Crippen LogP contribution in [0, 0.1) is 17.3 Å². The van der Waals surface area contributed by atoms with Crippen molar-refractivity contribution in [2.45, 2.75) is 77.4 Å². The van der Waals surface area contributed by atoms with Gasteiger partial charge in [-0.2, -0.15) is 4.98 Å². The number of carbonyl (C=O) groups is 2. The Kier molecular flexibility index (Phi) is 4.08. The Labute approximate surface area is 153 Å². The van der Waals surface area contributed by atoms with Crippen LogP contribution in [0.15, 0.2) is 4.52 Å². The van der Waals surface area contributed by atoms with Crippen LogP contribution in [0.25, 0.3) is 0 Å². The van der Waals surface area contributed by atoms with Gasteiger partial charge < -0.3 is 14.6 Å². The monoisotopic (exact) mass is 361 g/mol. The lowest BCUT2D eigenvalue weighted by atomic mass is 9.47. The number of hydrogen-bond donors (Lipinski definition) is 1. The quantitative estimate of drug-likeness (QED) is 0.810. The standard InChI is InChI=1S/C19H27N3O4/c1-11(2)16-20-15(26-22-16)9-25-17(24)18-5-13-4-14(6-18)8-19(7-13,10-18)21-12(3)23/h11,13-14H,4-10H2,1-3H3,(H,21,23)/t13-,14+,18?,19?. The molecule has 2 unspecified atom stereocenters. The molecule has 4 saturated carbocycles. The topological polar surface area (TPSA) is 94.3 Å². The second-order valence-electron chi connectivity index (χ2n) is 8.98. The highest BCUT2D eigenvalue weighted by atomic mass is 16.6. The van der Waals surface area contributed by atoms with E-state index < -0.39 is 5.41 Å². The largest absolute Gasteiger partial charge is 0.455 e. The minimum atomic E-state index is -0.479. The van der Waals surface area contributed by atoms with Crippen LogP contribution in [-0.4, -0.2) is 27.6 Å². The molecule has 1 amide bonds. The first-order valence-corrected chi connectivity index (χ1v) is 9.58. The molecule has 4 aliphatic carbocycles. The van der Waals surface area contributed by atoms with Crippen molar-refractivity contribution in [2.75, 3.05) is 0 Å². The van der Waals surface area contributed by atoms with Gasteiger partial charge in [-0.1, -0.05) is 19.0 Å². The second kappa shape index (κ2) is 6.06. The van der Waals surface area contributed by atoms with Crippen LogP contribution in [0.2, 0.25) is 0 Å². The van der Waals surface area contributed by atoms with Crippen LogP contribution in [0.3, 0.4) is 0 Å². The van der Waals surface area contributed by atoms with Gasteiger partial charge in [0.15, 0.2) is 12.4 Å². The molecule has 1 aromatic rings. The Morgan fingerprint density at radius 1 is 1.27 bits per heavy atom. The fourth-order valence-corrected chi connectivity index (χ4v) is 5.86. The minimum Gasteiger partial charge on any atom is -0.455 e. The SMILES string of the molecule is CC(=O)NC12C[C@H]3C[C@@H](C1)CC(C(=O)OCc1nc(C(C)C)no1)(C3)C2. The van der Waals surface area contributed by atoms with Gasteiger partial charge in [0, 0.05) is 18.4 Å². The van der Waals surface area contributed by atoms with Crippen molar-refractivity contribution >= 4 is 11.9 Å². The number of hydrogen-bond acceptors (Lipinski definition) is 6. The summed E-state index contributed by atoms with van der Waals surface area (Å²) in [4.78, 5) is 29.0. The Balaban J connectivity index is 1.47. The van der Waals surface area contributed by atoms with Gasteiger partial charge in [-0.15, -0.1) is 0 Å². The molecule has 4 bridgehead atoms. The molecule has 7 heteroatoms. The number of carbonyl (C=O) groups excluding carboxylic acids is 2. The smallest absolute Gasteiger partial charge is 0.312 e. The van der Waals surface area contributed by atoms with Crippen LogP contribution in [-0.2, 0) is 20.9 Å². The van der Waals surface area contributed by atoms with Gasteiger partial charge in [0.1, 0.15) is 0 Å². The molecule has 1 aromatic heterocycles. The molecule has 5 rings (SSSR count). The lowest BCUT2D eigenvalue weighted by Crippen LogP contribution is -2.64. The molecule has 1 heterocycles. The van der Waals surface area contributed by atoms with Gasteiger partial charge in [0.25, 0.3) is 5.89 Å².